The summed E-state index contributed by atoms with van der Waals surface area (Å²) in [6.45, 7) is 0.0967. The van der Waals surface area contributed by atoms with Crippen LogP contribution in [0.25, 0.3) is 6.08 Å². The standard InChI is InChI=1S/C9H8Br2O/c10-9(11)5-7-1-3-8(6-12)4-2-7/h1-5,12H,6H2. The minimum atomic E-state index is 0.0967. The predicted molar refractivity (Wildman–Crippen MR) is 58.2 cm³/mol. The Bertz CT molecular complexity index is 273. The number of hydrogen-bond acceptors (Lipinski definition) is 1. The van der Waals surface area contributed by atoms with Crippen LogP contribution in [0.1, 0.15) is 11.1 Å². The van der Waals surface area contributed by atoms with Gasteiger partial charge in [-0.1, -0.05) is 24.3 Å². The molecule has 1 rings (SSSR count). The fourth-order valence-electron chi connectivity index (χ4n) is 0.845. The summed E-state index contributed by atoms with van der Waals surface area (Å²) in [5, 5.41) is 8.78. The number of aliphatic hydroxyl groups excluding tert-OH is 1. The zero-order valence-electron chi connectivity index (χ0n) is 6.30. The molecule has 1 aromatic rings. The molecule has 0 unspecified atom stereocenters. The Morgan fingerprint density at radius 3 is 2.25 bits per heavy atom. The van der Waals surface area contributed by atoms with E-state index in [0.717, 1.165) is 14.5 Å². The second-order valence-electron chi connectivity index (χ2n) is 2.33. The molecule has 64 valence electrons. The highest BCUT2D eigenvalue weighted by atomic mass is 79.9. The summed E-state index contributed by atoms with van der Waals surface area (Å²) in [7, 11) is 0. The molecular formula is C9H8Br2O. The van der Waals surface area contributed by atoms with Crippen LogP contribution in [-0.2, 0) is 6.61 Å². The fourth-order valence-corrected chi connectivity index (χ4v) is 1.37. The van der Waals surface area contributed by atoms with Crippen LogP contribution in [0.5, 0.6) is 0 Å². The van der Waals surface area contributed by atoms with Crippen molar-refractivity contribution in [2.45, 2.75) is 6.61 Å². The van der Waals surface area contributed by atoms with E-state index in [9.17, 15) is 0 Å². The summed E-state index contributed by atoms with van der Waals surface area (Å²) in [6.07, 6.45) is 1.95. The number of halogens is 2. The molecule has 1 nitrogen and oxygen atoms in total. The Labute approximate surface area is 88.4 Å². The lowest BCUT2D eigenvalue weighted by atomic mass is 10.1. The molecule has 0 saturated carbocycles. The molecule has 0 bridgehead atoms. The van der Waals surface area contributed by atoms with Crippen molar-refractivity contribution in [2.24, 2.45) is 0 Å². The average molecular weight is 292 g/mol. The molecule has 0 aliphatic carbocycles. The van der Waals surface area contributed by atoms with Crippen molar-refractivity contribution in [1.29, 1.82) is 0 Å². The highest BCUT2D eigenvalue weighted by molar-refractivity contribution is 9.28. The van der Waals surface area contributed by atoms with Gasteiger partial charge >= 0.3 is 0 Å². The lowest BCUT2D eigenvalue weighted by Gasteiger charge is -1.96. The van der Waals surface area contributed by atoms with Crippen molar-refractivity contribution in [2.75, 3.05) is 0 Å². The smallest absolute Gasteiger partial charge is 0.0681 e. The zero-order valence-corrected chi connectivity index (χ0v) is 9.47. The van der Waals surface area contributed by atoms with Crippen molar-refractivity contribution in [1.82, 2.24) is 0 Å². The summed E-state index contributed by atoms with van der Waals surface area (Å²) in [5.41, 5.74) is 2.02. The highest BCUT2D eigenvalue weighted by Crippen LogP contribution is 2.18. The molecule has 1 N–H and O–H groups in total. The Morgan fingerprint density at radius 1 is 1.25 bits per heavy atom. The Morgan fingerprint density at radius 2 is 1.83 bits per heavy atom. The number of hydrogen-bond donors (Lipinski definition) is 1. The molecule has 0 spiro atoms. The first-order valence-corrected chi connectivity index (χ1v) is 5.03. The first-order valence-electron chi connectivity index (χ1n) is 3.45. The van der Waals surface area contributed by atoms with E-state index in [1.807, 2.05) is 30.3 Å². The summed E-state index contributed by atoms with van der Waals surface area (Å²) < 4.78 is 0.909. The van der Waals surface area contributed by atoms with Crippen LogP contribution in [0.15, 0.2) is 27.7 Å². The molecule has 0 saturated heterocycles. The first-order chi connectivity index (χ1) is 5.72. The van der Waals surface area contributed by atoms with Crippen molar-refractivity contribution < 1.29 is 5.11 Å². The van der Waals surface area contributed by atoms with Crippen LogP contribution >= 0.6 is 31.9 Å². The van der Waals surface area contributed by atoms with E-state index >= 15 is 0 Å². The quantitative estimate of drug-likeness (QED) is 0.887. The Balaban J connectivity index is 2.85. The molecular weight excluding hydrogens is 284 g/mol. The van der Waals surface area contributed by atoms with Crippen LogP contribution in [0.2, 0.25) is 0 Å². The Hall–Kier alpha value is -0.120. The van der Waals surface area contributed by atoms with E-state index in [1.165, 1.54) is 0 Å². The number of rotatable bonds is 2. The molecule has 0 amide bonds. The van der Waals surface area contributed by atoms with Crippen molar-refractivity contribution in [3.8, 4) is 0 Å². The summed E-state index contributed by atoms with van der Waals surface area (Å²) in [4.78, 5) is 0. The molecule has 1 aromatic carbocycles. The lowest BCUT2D eigenvalue weighted by molar-refractivity contribution is 0.282. The molecule has 0 heterocycles. The molecule has 0 aromatic heterocycles. The van der Waals surface area contributed by atoms with Gasteiger partial charge in [-0.3, -0.25) is 0 Å². The van der Waals surface area contributed by atoms with Gasteiger partial charge in [-0.05, 0) is 49.1 Å². The normalized spacial score (nSPS) is 9.58. The van der Waals surface area contributed by atoms with Gasteiger partial charge in [0.05, 0.1) is 10.00 Å². The van der Waals surface area contributed by atoms with Gasteiger partial charge in [0, 0.05) is 0 Å². The SMILES string of the molecule is OCc1ccc(C=C(Br)Br)cc1. The van der Waals surface area contributed by atoms with E-state index < -0.39 is 0 Å². The van der Waals surface area contributed by atoms with E-state index in [4.69, 9.17) is 5.11 Å². The van der Waals surface area contributed by atoms with Gasteiger partial charge in [-0.25, -0.2) is 0 Å². The number of benzene rings is 1. The fraction of sp³-hybridized carbons (Fsp3) is 0.111. The molecule has 3 heteroatoms. The highest BCUT2D eigenvalue weighted by Gasteiger charge is 1.90. The van der Waals surface area contributed by atoms with Gasteiger partial charge in [0.15, 0.2) is 0 Å². The van der Waals surface area contributed by atoms with Crippen LogP contribution in [-0.4, -0.2) is 5.11 Å². The molecule has 0 radical (unpaired) electrons. The maximum atomic E-state index is 8.78. The lowest BCUT2D eigenvalue weighted by Crippen LogP contribution is -1.81. The zero-order chi connectivity index (χ0) is 8.97. The second kappa shape index (κ2) is 4.80. The van der Waals surface area contributed by atoms with E-state index in [1.54, 1.807) is 0 Å². The summed E-state index contributed by atoms with van der Waals surface area (Å²) in [6, 6.07) is 7.70. The summed E-state index contributed by atoms with van der Waals surface area (Å²) >= 11 is 6.55. The topological polar surface area (TPSA) is 20.2 Å². The van der Waals surface area contributed by atoms with Gasteiger partial charge in [-0.2, -0.15) is 0 Å². The average Bonchev–Trinajstić information content (AvgIpc) is 2.05. The number of aliphatic hydroxyl groups is 1. The van der Waals surface area contributed by atoms with Crippen LogP contribution in [0.3, 0.4) is 0 Å². The van der Waals surface area contributed by atoms with Crippen molar-refractivity contribution in [3.05, 3.63) is 38.8 Å². The van der Waals surface area contributed by atoms with E-state index in [2.05, 4.69) is 31.9 Å². The van der Waals surface area contributed by atoms with Gasteiger partial charge in [0.2, 0.25) is 0 Å². The van der Waals surface area contributed by atoms with Gasteiger partial charge < -0.3 is 5.11 Å². The Kier molecular flexibility index (Phi) is 3.98. The van der Waals surface area contributed by atoms with Crippen molar-refractivity contribution in [3.63, 3.8) is 0 Å². The van der Waals surface area contributed by atoms with Crippen molar-refractivity contribution >= 4 is 37.9 Å². The van der Waals surface area contributed by atoms with Crippen LogP contribution in [0, 0.1) is 0 Å². The maximum Gasteiger partial charge on any atom is 0.0681 e. The first kappa shape index (κ1) is 9.96. The molecule has 0 aliphatic heterocycles. The predicted octanol–water partition coefficient (Wildman–Crippen LogP) is 3.27. The third-order valence-electron chi connectivity index (χ3n) is 1.44. The maximum absolute atomic E-state index is 8.78. The van der Waals surface area contributed by atoms with Gasteiger partial charge in [0.25, 0.3) is 0 Å². The van der Waals surface area contributed by atoms with Crippen LogP contribution < -0.4 is 0 Å². The second-order valence-corrected chi connectivity index (χ2v) is 5.11. The molecule has 0 aliphatic rings. The monoisotopic (exact) mass is 290 g/mol. The summed E-state index contributed by atoms with van der Waals surface area (Å²) in [5.74, 6) is 0. The van der Waals surface area contributed by atoms with E-state index in [-0.39, 0.29) is 6.61 Å². The van der Waals surface area contributed by atoms with Gasteiger partial charge in [0.1, 0.15) is 0 Å². The third-order valence-corrected chi connectivity index (χ3v) is 1.90. The van der Waals surface area contributed by atoms with Gasteiger partial charge in [-0.15, -0.1) is 0 Å². The molecule has 0 atom stereocenters. The molecule has 12 heavy (non-hydrogen) atoms. The minimum Gasteiger partial charge on any atom is -0.392 e. The minimum absolute atomic E-state index is 0.0967. The molecule has 0 fully saturated rings. The largest absolute Gasteiger partial charge is 0.392 e. The van der Waals surface area contributed by atoms with E-state index in [0.29, 0.717) is 0 Å². The third kappa shape index (κ3) is 3.09. The van der Waals surface area contributed by atoms with Crippen LogP contribution in [0.4, 0.5) is 0 Å².